The van der Waals surface area contributed by atoms with Crippen molar-refractivity contribution < 1.29 is 19.0 Å². The van der Waals surface area contributed by atoms with Gasteiger partial charge >= 0.3 is 0 Å². The van der Waals surface area contributed by atoms with Crippen LogP contribution in [0.4, 0.5) is 0 Å². The van der Waals surface area contributed by atoms with Crippen LogP contribution in [0.2, 0.25) is 0 Å². The maximum Gasteiger partial charge on any atom is 0.207 e. The highest BCUT2D eigenvalue weighted by atomic mass is 16.5. The van der Waals surface area contributed by atoms with E-state index < -0.39 is 0 Å². The van der Waals surface area contributed by atoms with Gasteiger partial charge in [0.05, 0.1) is 32.2 Å². The standard InChI is InChI=1S/C13H20O.C7H16N2O3/c1-5-6-11-7-9-12(10-8-11)14-13(2,3)4;8-1-3-11-5-6-12-4-2-9-7-10/h5-7,9H,8,10H2,1-4H3;7H,1-6,8H2,(H,9,10)/b6-5+;. The molecule has 0 unspecified atom stereocenters. The largest absolute Gasteiger partial charge is 0.492 e. The van der Waals surface area contributed by atoms with Gasteiger partial charge in [-0.25, -0.2) is 0 Å². The van der Waals surface area contributed by atoms with Crippen LogP contribution < -0.4 is 11.1 Å². The van der Waals surface area contributed by atoms with Gasteiger partial charge in [0.1, 0.15) is 5.60 Å². The van der Waals surface area contributed by atoms with Gasteiger partial charge in [-0.3, -0.25) is 4.79 Å². The molecule has 26 heavy (non-hydrogen) atoms. The summed E-state index contributed by atoms with van der Waals surface area (Å²) in [5, 5.41) is 2.48. The molecule has 0 saturated carbocycles. The molecule has 150 valence electrons. The van der Waals surface area contributed by atoms with Gasteiger partial charge in [0.15, 0.2) is 0 Å². The predicted octanol–water partition coefficient (Wildman–Crippen LogP) is 2.71. The number of nitrogens with one attached hydrogen (secondary N) is 1. The third-order valence-electron chi connectivity index (χ3n) is 3.07. The number of rotatable bonds is 11. The Labute approximate surface area is 158 Å². The summed E-state index contributed by atoms with van der Waals surface area (Å²) in [6, 6.07) is 0. The zero-order valence-electron chi connectivity index (χ0n) is 16.8. The van der Waals surface area contributed by atoms with Gasteiger partial charge in [0, 0.05) is 19.5 Å². The summed E-state index contributed by atoms with van der Waals surface area (Å²) in [5.74, 6) is 1.10. The lowest BCUT2D eigenvalue weighted by atomic mass is 10.0. The number of ether oxygens (including phenoxy) is 3. The Bertz CT molecular complexity index is 451. The van der Waals surface area contributed by atoms with E-state index in [0.29, 0.717) is 45.9 Å². The molecular formula is C20H36N2O4. The first-order valence-corrected chi connectivity index (χ1v) is 9.17. The maximum absolute atomic E-state index is 9.77. The summed E-state index contributed by atoms with van der Waals surface area (Å²) < 4.78 is 15.9. The van der Waals surface area contributed by atoms with E-state index in [0.717, 1.165) is 18.6 Å². The molecule has 0 spiro atoms. The van der Waals surface area contributed by atoms with Crippen LogP contribution in [0.25, 0.3) is 0 Å². The Morgan fingerprint density at radius 3 is 2.31 bits per heavy atom. The van der Waals surface area contributed by atoms with Crippen molar-refractivity contribution in [2.24, 2.45) is 5.73 Å². The van der Waals surface area contributed by atoms with E-state index >= 15 is 0 Å². The van der Waals surface area contributed by atoms with Crippen molar-refractivity contribution in [2.75, 3.05) is 39.5 Å². The molecule has 6 heteroatoms. The summed E-state index contributed by atoms with van der Waals surface area (Å²) in [7, 11) is 0. The molecule has 0 atom stereocenters. The van der Waals surface area contributed by atoms with Crippen LogP contribution in [-0.2, 0) is 19.0 Å². The highest BCUT2D eigenvalue weighted by Crippen LogP contribution is 2.24. The highest BCUT2D eigenvalue weighted by molar-refractivity contribution is 5.45. The topological polar surface area (TPSA) is 82.8 Å². The van der Waals surface area contributed by atoms with Crippen molar-refractivity contribution in [3.8, 4) is 0 Å². The maximum atomic E-state index is 9.77. The van der Waals surface area contributed by atoms with E-state index in [-0.39, 0.29) is 5.60 Å². The zero-order valence-corrected chi connectivity index (χ0v) is 16.8. The second-order valence-electron chi connectivity index (χ2n) is 6.67. The SMILES string of the molecule is C/C=C/C1=CC=C(OC(C)(C)C)CC1.NCCOCCOCCNC=O. The predicted molar refractivity (Wildman–Crippen MR) is 106 cm³/mol. The van der Waals surface area contributed by atoms with Crippen molar-refractivity contribution in [1.29, 1.82) is 0 Å². The molecule has 0 aromatic rings. The minimum atomic E-state index is -0.0717. The van der Waals surface area contributed by atoms with Gasteiger partial charge in [-0.2, -0.15) is 0 Å². The highest BCUT2D eigenvalue weighted by Gasteiger charge is 2.14. The molecule has 1 aliphatic carbocycles. The van der Waals surface area contributed by atoms with Gasteiger partial charge in [-0.1, -0.05) is 18.2 Å². The fraction of sp³-hybridized carbons (Fsp3) is 0.650. The summed E-state index contributed by atoms with van der Waals surface area (Å²) >= 11 is 0. The van der Waals surface area contributed by atoms with Gasteiger partial charge in [0.2, 0.25) is 6.41 Å². The summed E-state index contributed by atoms with van der Waals surface area (Å²) in [5.41, 5.74) is 6.51. The van der Waals surface area contributed by atoms with E-state index in [9.17, 15) is 4.79 Å². The minimum Gasteiger partial charge on any atom is -0.492 e. The Kier molecular flexibility index (Phi) is 14.6. The fourth-order valence-corrected chi connectivity index (χ4v) is 2.06. The number of carbonyl (C=O) groups is 1. The van der Waals surface area contributed by atoms with Crippen LogP contribution in [0.5, 0.6) is 0 Å². The van der Waals surface area contributed by atoms with Crippen molar-refractivity contribution >= 4 is 6.41 Å². The molecule has 0 aromatic heterocycles. The lowest BCUT2D eigenvalue weighted by Crippen LogP contribution is -2.19. The smallest absolute Gasteiger partial charge is 0.207 e. The van der Waals surface area contributed by atoms with E-state index in [1.54, 1.807) is 0 Å². The van der Waals surface area contributed by atoms with Gasteiger partial charge < -0.3 is 25.3 Å². The third-order valence-corrected chi connectivity index (χ3v) is 3.07. The van der Waals surface area contributed by atoms with E-state index in [1.165, 1.54) is 5.57 Å². The van der Waals surface area contributed by atoms with E-state index in [4.69, 9.17) is 19.9 Å². The molecule has 1 aliphatic rings. The first-order chi connectivity index (χ1) is 12.4. The zero-order chi connectivity index (χ0) is 19.7. The van der Waals surface area contributed by atoms with Crippen molar-refractivity contribution in [3.63, 3.8) is 0 Å². The number of carbonyl (C=O) groups excluding carboxylic acids is 1. The number of amides is 1. The van der Waals surface area contributed by atoms with Crippen LogP contribution in [0.15, 0.2) is 35.6 Å². The molecule has 1 amide bonds. The van der Waals surface area contributed by atoms with Crippen LogP contribution in [0.3, 0.4) is 0 Å². The Balaban J connectivity index is 0.000000488. The summed E-state index contributed by atoms with van der Waals surface area (Å²) in [6.45, 7) is 11.6. The van der Waals surface area contributed by atoms with E-state index in [1.807, 2.05) is 6.92 Å². The second-order valence-corrected chi connectivity index (χ2v) is 6.67. The van der Waals surface area contributed by atoms with Gasteiger partial charge in [0.25, 0.3) is 0 Å². The van der Waals surface area contributed by atoms with Crippen LogP contribution in [-0.4, -0.2) is 51.5 Å². The molecular weight excluding hydrogens is 332 g/mol. The number of nitrogens with two attached hydrogens (primary N) is 1. The van der Waals surface area contributed by atoms with Gasteiger partial charge in [-0.05, 0) is 45.8 Å². The molecule has 0 aromatic carbocycles. The number of hydrogen-bond donors (Lipinski definition) is 2. The summed E-state index contributed by atoms with van der Waals surface area (Å²) in [6.07, 6.45) is 11.2. The van der Waals surface area contributed by atoms with Crippen LogP contribution in [0, 0.1) is 0 Å². The number of hydrogen-bond acceptors (Lipinski definition) is 5. The first kappa shape index (κ1) is 24.4. The normalized spacial score (nSPS) is 14.2. The third kappa shape index (κ3) is 15.9. The molecule has 0 heterocycles. The average Bonchev–Trinajstić information content (AvgIpc) is 2.59. The van der Waals surface area contributed by atoms with Crippen molar-refractivity contribution in [3.05, 3.63) is 35.6 Å². The Morgan fingerprint density at radius 1 is 1.12 bits per heavy atom. The molecule has 0 saturated heterocycles. The van der Waals surface area contributed by atoms with E-state index in [2.05, 4.69) is 50.4 Å². The Morgan fingerprint density at radius 2 is 1.81 bits per heavy atom. The fourth-order valence-electron chi connectivity index (χ4n) is 2.06. The monoisotopic (exact) mass is 368 g/mol. The minimum absolute atomic E-state index is 0.0717. The average molecular weight is 369 g/mol. The lowest BCUT2D eigenvalue weighted by molar-refractivity contribution is -0.109. The van der Waals surface area contributed by atoms with Gasteiger partial charge in [-0.15, -0.1) is 0 Å². The lowest BCUT2D eigenvalue weighted by Gasteiger charge is -2.25. The molecule has 0 aliphatic heterocycles. The molecule has 0 radical (unpaired) electrons. The molecule has 3 N–H and O–H groups in total. The van der Waals surface area contributed by atoms with Crippen molar-refractivity contribution in [1.82, 2.24) is 5.32 Å². The molecule has 0 fully saturated rings. The van der Waals surface area contributed by atoms with Crippen LogP contribution >= 0.6 is 0 Å². The molecule has 1 rings (SSSR count). The molecule has 6 nitrogen and oxygen atoms in total. The Hall–Kier alpha value is -1.63. The number of allylic oxidation sites excluding steroid dienone is 6. The second kappa shape index (κ2) is 15.6. The summed E-state index contributed by atoms with van der Waals surface area (Å²) in [4.78, 5) is 9.77. The quantitative estimate of drug-likeness (QED) is 0.433. The van der Waals surface area contributed by atoms with Crippen LogP contribution in [0.1, 0.15) is 40.5 Å². The molecule has 0 bridgehead atoms. The van der Waals surface area contributed by atoms with Crippen molar-refractivity contribution in [2.45, 2.75) is 46.1 Å². The first-order valence-electron chi connectivity index (χ1n) is 9.17.